The van der Waals surface area contributed by atoms with Crippen LogP contribution in [0.5, 0.6) is 11.6 Å². The van der Waals surface area contributed by atoms with E-state index in [2.05, 4.69) is 42.4 Å². The third-order valence-corrected chi connectivity index (χ3v) is 4.73. The van der Waals surface area contributed by atoms with Gasteiger partial charge in [-0.3, -0.25) is 4.98 Å². The van der Waals surface area contributed by atoms with Crippen molar-refractivity contribution in [3.05, 3.63) is 77.2 Å². The number of nitrogens with zero attached hydrogens (tertiary/aromatic N) is 5. The predicted molar refractivity (Wildman–Crippen MR) is 115 cm³/mol. The average Bonchev–Trinajstić information content (AvgIpc) is 3.36. The molecule has 0 amide bonds. The molecule has 0 radical (unpaired) electrons. The van der Waals surface area contributed by atoms with Gasteiger partial charge in [-0.2, -0.15) is 18.4 Å². The molecule has 0 spiro atoms. The highest BCUT2D eigenvalue weighted by molar-refractivity contribution is 5.60. The second-order valence-corrected chi connectivity index (χ2v) is 7.08. The Morgan fingerprint density at radius 2 is 1.85 bits per heavy atom. The lowest BCUT2D eigenvalue weighted by molar-refractivity contribution is -0.137. The van der Waals surface area contributed by atoms with Crippen LogP contribution in [0, 0.1) is 11.8 Å². The van der Waals surface area contributed by atoms with Crippen molar-refractivity contribution in [3.63, 3.8) is 0 Å². The third kappa shape index (κ3) is 5.66. The Bertz CT molecular complexity index is 1320. The second-order valence-electron chi connectivity index (χ2n) is 7.08. The topological polar surface area (TPSA) is 110 Å². The second kappa shape index (κ2) is 9.99. The van der Waals surface area contributed by atoms with Gasteiger partial charge < -0.3 is 9.84 Å². The number of aromatic amines is 1. The highest BCUT2D eigenvalue weighted by atomic mass is 19.4. The molecule has 0 fully saturated rings. The Labute approximate surface area is 191 Å². The van der Waals surface area contributed by atoms with Crippen LogP contribution in [0.4, 0.5) is 13.2 Å². The Kier molecular flexibility index (Phi) is 6.68. The number of benzene rings is 2. The van der Waals surface area contributed by atoms with Crippen LogP contribution in [0.2, 0.25) is 0 Å². The van der Waals surface area contributed by atoms with Gasteiger partial charge in [0.15, 0.2) is 0 Å². The van der Waals surface area contributed by atoms with E-state index in [1.807, 2.05) is 6.07 Å². The van der Waals surface area contributed by atoms with Crippen LogP contribution in [0.15, 0.2) is 55.0 Å². The third-order valence-electron chi connectivity index (χ3n) is 4.73. The lowest BCUT2D eigenvalue weighted by Crippen LogP contribution is -2.07. The van der Waals surface area contributed by atoms with E-state index in [0.29, 0.717) is 48.3 Å². The van der Waals surface area contributed by atoms with Gasteiger partial charge in [-0.25, -0.2) is 4.98 Å². The molecule has 2 N–H and O–H groups in total. The zero-order chi connectivity index (χ0) is 24.0. The van der Waals surface area contributed by atoms with Gasteiger partial charge in [0.25, 0.3) is 0 Å². The maximum absolute atomic E-state index is 13.4. The first-order chi connectivity index (χ1) is 16.4. The Morgan fingerprint density at radius 1 is 1.03 bits per heavy atom. The molecule has 34 heavy (non-hydrogen) atoms. The number of rotatable bonds is 6. The van der Waals surface area contributed by atoms with E-state index in [9.17, 15) is 18.3 Å². The highest BCUT2D eigenvalue weighted by Crippen LogP contribution is 2.34. The molecule has 2 heterocycles. The molecule has 0 aliphatic rings. The number of hydrogen-bond donors (Lipinski definition) is 2. The summed E-state index contributed by atoms with van der Waals surface area (Å²) in [5, 5.41) is 23.3. The lowest BCUT2D eigenvalue weighted by atomic mass is 9.99. The maximum atomic E-state index is 13.4. The van der Waals surface area contributed by atoms with Crippen molar-refractivity contribution in [1.29, 1.82) is 0 Å². The number of halogens is 3. The number of phenols is 1. The zero-order valence-electron chi connectivity index (χ0n) is 17.5. The van der Waals surface area contributed by atoms with Gasteiger partial charge in [-0.05, 0) is 60.0 Å². The molecule has 0 atom stereocenters. The number of alkyl halides is 3. The van der Waals surface area contributed by atoms with Crippen LogP contribution in [0.25, 0.3) is 11.4 Å². The van der Waals surface area contributed by atoms with Crippen LogP contribution in [0.1, 0.15) is 28.7 Å². The summed E-state index contributed by atoms with van der Waals surface area (Å²) in [5.74, 6) is 5.73. The summed E-state index contributed by atoms with van der Waals surface area (Å²) in [6.45, 7) is 0.355. The van der Waals surface area contributed by atoms with E-state index in [1.165, 1.54) is 18.5 Å². The maximum Gasteiger partial charge on any atom is 0.417 e. The van der Waals surface area contributed by atoms with Crippen molar-refractivity contribution in [3.8, 4) is 34.9 Å². The summed E-state index contributed by atoms with van der Waals surface area (Å²) in [6, 6.07) is 8.21. The first-order valence-corrected chi connectivity index (χ1v) is 10.1. The lowest BCUT2D eigenvalue weighted by Gasteiger charge is -2.10. The molecule has 2 aromatic heterocycles. The molecule has 0 saturated heterocycles. The molecule has 0 saturated carbocycles. The highest BCUT2D eigenvalue weighted by Gasteiger charge is 2.33. The Balaban J connectivity index is 1.60. The number of aromatic nitrogens is 6. The number of H-pyrrole nitrogens is 1. The molecule has 0 bridgehead atoms. The van der Waals surface area contributed by atoms with Crippen molar-refractivity contribution < 1.29 is 23.0 Å². The van der Waals surface area contributed by atoms with Crippen molar-refractivity contribution in [2.45, 2.75) is 19.0 Å². The standard InChI is InChI=1S/C23H17F3N6O2/c24-23(25,26)20-13-19(33)8-7-16(20)5-3-15-4-6-18(22-29-31-32-30-22)12-17(15)2-1-11-34-21-14-27-9-10-28-21/h4,6-10,12-14,33H,1-2,11H2,(H,29,30,31,32). The fourth-order valence-corrected chi connectivity index (χ4v) is 3.16. The van der Waals surface area contributed by atoms with E-state index in [-0.39, 0.29) is 5.56 Å². The zero-order valence-corrected chi connectivity index (χ0v) is 17.5. The molecule has 2 aromatic carbocycles. The van der Waals surface area contributed by atoms with Crippen LogP contribution >= 0.6 is 0 Å². The molecular weight excluding hydrogens is 449 g/mol. The molecular formula is C23H17F3N6O2. The van der Waals surface area contributed by atoms with E-state index in [0.717, 1.165) is 11.6 Å². The van der Waals surface area contributed by atoms with Gasteiger partial charge in [-0.15, -0.1) is 10.2 Å². The van der Waals surface area contributed by atoms with E-state index in [1.54, 1.807) is 18.3 Å². The minimum Gasteiger partial charge on any atom is -0.508 e. The Hall–Kier alpha value is -4.46. The monoisotopic (exact) mass is 466 g/mol. The van der Waals surface area contributed by atoms with E-state index in [4.69, 9.17) is 4.74 Å². The summed E-state index contributed by atoms with van der Waals surface area (Å²) in [4.78, 5) is 7.98. The summed E-state index contributed by atoms with van der Waals surface area (Å²) >= 11 is 0. The van der Waals surface area contributed by atoms with Crippen LogP contribution in [0.3, 0.4) is 0 Å². The number of nitrogens with one attached hydrogen (secondary N) is 1. The van der Waals surface area contributed by atoms with Crippen LogP contribution < -0.4 is 4.74 Å². The molecule has 11 heteroatoms. The molecule has 172 valence electrons. The predicted octanol–water partition coefficient (Wildman–Crippen LogP) is 3.79. The quantitative estimate of drug-likeness (QED) is 0.329. The summed E-state index contributed by atoms with van der Waals surface area (Å²) in [6.07, 6.45) is 1.04. The first-order valence-electron chi connectivity index (χ1n) is 10.1. The summed E-state index contributed by atoms with van der Waals surface area (Å²) in [7, 11) is 0. The SMILES string of the molecule is Oc1ccc(C#Cc2ccc(-c3nn[nH]n3)cc2CCCOc2cnccn2)c(C(F)(F)F)c1. The number of aryl methyl sites for hydroxylation is 1. The molecule has 0 aliphatic heterocycles. The molecule has 0 unspecified atom stereocenters. The van der Waals surface area contributed by atoms with E-state index >= 15 is 0 Å². The van der Waals surface area contributed by atoms with Gasteiger partial charge in [0.05, 0.1) is 18.4 Å². The van der Waals surface area contributed by atoms with Crippen molar-refractivity contribution in [1.82, 2.24) is 30.6 Å². The van der Waals surface area contributed by atoms with Crippen LogP contribution in [-0.4, -0.2) is 42.3 Å². The minimum absolute atomic E-state index is 0.232. The van der Waals surface area contributed by atoms with Gasteiger partial charge in [-0.1, -0.05) is 11.8 Å². The molecule has 0 aliphatic carbocycles. The summed E-state index contributed by atoms with van der Waals surface area (Å²) in [5.41, 5.74) is 0.786. The number of aromatic hydroxyl groups is 1. The number of hydrogen-bond acceptors (Lipinski definition) is 7. The first kappa shape index (κ1) is 22.7. The minimum atomic E-state index is -4.65. The van der Waals surface area contributed by atoms with E-state index < -0.39 is 17.5 Å². The normalized spacial score (nSPS) is 11.0. The van der Waals surface area contributed by atoms with Crippen LogP contribution in [-0.2, 0) is 12.6 Å². The number of ether oxygens (including phenoxy) is 1. The fraction of sp³-hybridized carbons (Fsp3) is 0.174. The molecule has 4 rings (SSSR count). The molecule has 8 nitrogen and oxygen atoms in total. The summed E-state index contributed by atoms with van der Waals surface area (Å²) < 4.78 is 45.7. The number of phenolic OH excluding ortho intramolecular Hbond substituents is 1. The number of tetrazole rings is 1. The Morgan fingerprint density at radius 3 is 2.59 bits per heavy atom. The van der Waals surface area contributed by atoms with Gasteiger partial charge in [0.1, 0.15) is 5.75 Å². The van der Waals surface area contributed by atoms with Crippen molar-refractivity contribution in [2.24, 2.45) is 0 Å². The molecule has 4 aromatic rings. The van der Waals surface area contributed by atoms with Crippen molar-refractivity contribution >= 4 is 0 Å². The van der Waals surface area contributed by atoms with Gasteiger partial charge >= 0.3 is 6.18 Å². The van der Waals surface area contributed by atoms with Gasteiger partial charge in [0, 0.05) is 29.1 Å². The van der Waals surface area contributed by atoms with Crippen molar-refractivity contribution in [2.75, 3.05) is 6.61 Å². The average molecular weight is 466 g/mol. The van der Waals surface area contributed by atoms with Gasteiger partial charge in [0.2, 0.25) is 11.7 Å². The smallest absolute Gasteiger partial charge is 0.417 e. The fourth-order valence-electron chi connectivity index (χ4n) is 3.16. The largest absolute Gasteiger partial charge is 0.508 e.